The van der Waals surface area contributed by atoms with Gasteiger partial charge in [-0.3, -0.25) is 4.79 Å². The van der Waals surface area contributed by atoms with Gasteiger partial charge < -0.3 is 24.3 Å². The van der Waals surface area contributed by atoms with E-state index in [1.165, 1.54) is 0 Å². The molecule has 5 atom stereocenters. The minimum Gasteiger partial charge on any atom is -0.382 e. The molecule has 18 heavy (non-hydrogen) atoms. The minimum atomic E-state index is -0.637. The predicted molar refractivity (Wildman–Crippen MR) is 65.5 cm³/mol. The van der Waals surface area contributed by atoms with E-state index in [0.29, 0.717) is 6.61 Å². The van der Waals surface area contributed by atoms with Gasteiger partial charge in [0.05, 0.1) is 6.61 Å². The van der Waals surface area contributed by atoms with Gasteiger partial charge in [0.15, 0.2) is 0 Å². The van der Waals surface area contributed by atoms with Crippen LogP contribution >= 0.6 is 0 Å². The molecule has 2 radical (unpaired) electrons. The highest BCUT2D eigenvalue weighted by Gasteiger charge is 2.44. The van der Waals surface area contributed by atoms with Crippen LogP contribution in [0.2, 0.25) is 0 Å². The summed E-state index contributed by atoms with van der Waals surface area (Å²) in [5.41, 5.74) is 0. The molecule has 1 unspecified atom stereocenters. The highest BCUT2D eigenvalue weighted by molar-refractivity contribution is 6.11. The summed E-state index contributed by atoms with van der Waals surface area (Å²) >= 11 is 0. The molecule has 102 valence electrons. The van der Waals surface area contributed by atoms with Crippen LogP contribution in [0.4, 0.5) is 0 Å². The number of amides is 1. The van der Waals surface area contributed by atoms with E-state index in [1.54, 1.807) is 28.2 Å². The Kier molecular flexibility index (Phi) is 6.07. The molecule has 0 aromatic rings. The maximum absolute atomic E-state index is 11.4. The summed E-state index contributed by atoms with van der Waals surface area (Å²) in [6, 6.07) is -0.637. The zero-order valence-electron chi connectivity index (χ0n) is 11.2. The van der Waals surface area contributed by atoms with Gasteiger partial charge in [0.1, 0.15) is 32.3 Å². The molecular formula is C11H20BNO5. The second kappa shape index (κ2) is 7.08. The normalized spacial score (nSPS) is 33.3. The SMILES string of the molecule is [B][C@@H]1O[C@H](COC)C(OC)[C@@H]1O[C@H](C)C(=O)NC. The molecule has 1 aliphatic heterocycles. The summed E-state index contributed by atoms with van der Waals surface area (Å²) in [5.74, 6) is -0.216. The van der Waals surface area contributed by atoms with Crippen LogP contribution in [-0.4, -0.2) is 72.0 Å². The summed E-state index contributed by atoms with van der Waals surface area (Å²) in [4.78, 5) is 11.4. The molecule has 1 saturated heterocycles. The van der Waals surface area contributed by atoms with Crippen molar-refractivity contribution in [3.8, 4) is 0 Å². The molecule has 0 saturated carbocycles. The number of hydrogen-bond acceptors (Lipinski definition) is 5. The van der Waals surface area contributed by atoms with Gasteiger partial charge in [-0.2, -0.15) is 0 Å². The van der Waals surface area contributed by atoms with Crippen molar-refractivity contribution in [1.29, 1.82) is 0 Å². The first-order valence-electron chi connectivity index (χ1n) is 5.85. The average Bonchev–Trinajstić information content (AvgIpc) is 2.64. The Bertz CT molecular complexity index is 278. The predicted octanol–water partition coefficient (Wildman–Crippen LogP) is -0.939. The van der Waals surface area contributed by atoms with Crippen molar-refractivity contribution in [2.24, 2.45) is 0 Å². The van der Waals surface area contributed by atoms with Crippen LogP contribution in [0.3, 0.4) is 0 Å². The molecule has 0 aliphatic carbocycles. The molecule has 0 aromatic heterocycles. The Morgan fingerprint density at radius 1 is 1.44 bits per heavy atom. The van der Waals surface area contributed by atoms with Crippen molar-refractivity contribution in [3.63, 3.8) is 0 Å². The largest absolute Gasteiger partial charge is 0.382 e. The number of hydrogen-bond donors (Lipinski definition) is 1. The molecule has 7 heteroatoms. The van der Waals surface area contributed by atoms with Gasteiger partial charge in [-0.25, -0.2) is 0 Å². The monoisotopic (exact) mass is 257 g/mol. The maximum atomic E-state index is 11.4. The molecule has 1 rings (SSSR count). The molecule has 0 aromatic carbocycles. The average molecular weight is 257 g/mol. The number of ether oxygens (including phenoxy) is 4. The van der Waals surface area contributed by atoms with Crippen LogP contribution in [-0.2, 0) is 23.7 Å². The summed E-state index contributed by atoms with van der Waals surface area (Å²) in [6.07, 6.45) is -1.76. The van der Waals surface area contributed by atoms with E-state index in [-0.39, 0.29) is 18.1 Å². The Morgan fingerprint density at radius 2 is 2.11 bits per heavy atom. The quantitative estimate of drug-likeness (QED) is 0.622. The zero-order chi connectivity index (χ0) is 13.7. The Morgan fingerprint density at radius 3 is 2.61 bits per heavy atom. The van der Waals surface area contributed by atoms with Crippen LogP contribution in [0.5, 0.6) is 0 Å². The van der Waals surface area contributed by atoms with Crippen LogP contribution in [0.1, 0.15) is 6.92 Å². The van der Waals surface area contributed by atoms with Gasteiger partial charge in [0.2, 0.25) is 5.91 Å². The van der Waals surface area contributed by atoms with Crippen molar-refractivity contribution >= 4 is 13.8 Å². The van der Waals surface area contributed by atoms with Crippen LogP contribution in [0.25, 0.3) is 0 Å². The minimum absolute atomic E-state index is 0.216. The molecule has 1 N–H and O–H groups in total. The third-order valence-corrected chi connectivity index (χ3v) is 2.93. The molecule has 1 amide bonds. The lowest BCUT2D eigenvalue weighted by molar-refractivity contribution is -0.139. The van der Waals surface area contributed by atoms with E-state index in [9.17, 15) is 4.79 Å². The van der Waals surface area contributed by atoms with Crippen molar-refractivity contribution in [3.05, 3.63) is 0 Å². The second-order valence-electron chi connectivity index (χ2n) is 4.15. The highest BCUT2D eigenvalue weighted by atomic mass is 16.6. The molecule has 1 fully saturated rings. The Labute approximate surface area is 109 Å². The molecular weight excluding hydrogens is 237 g/mol. The number of rotatable bonds is 6. The lowest BCUT2D eigenvalue weighted by Gasteiger charge is -2.25. The third-order valence-electron chi connectivity index (χ3n) is 2.93. The van der Waals surface area contributed by atoms with Crippen molar-refractivity contribution in [2.45, 2.75) is 37.3 Å². The zero-order valence-corrected chi connectivity index (χ0v) is 11.2. The van der Waals surface area contributed by atoms with E-state index in [4.69, 9.17) is 26.8 Å². The summed E-state index contributed by atoms with van der Waals surface area (Å²) in [7, 11) is 10.5. The molecule has 1 aliphatic rings. The number of carbonyl (C=O) groups is 1. The highest BCUT2D eigenvalue weighted by Crippen LogP contribution is 2.25. The van der Waals surface area contributed by atoms with E-state index < -0.39 is 18.2 Å². The fourth-order valence-corrected chi connectivity index (χ4v) is 2.00. The number of carbonyl (C=O) groups excluding carboxylic acids is 1. The first-order chi connectivity index (χ1) is 8.54. The summed E-state index contributed by atoms with van der Waals surface area (Å²) < 4.78 is 21.5. The standard InChI is InChI=1S/C11H20BNO5/c1-6(11(14)13-2)17-9-8(16-4)7(5-15-3)18-10(9)12/h6-10H,5H2,1-4H3,(H,13,14)/t6-,7-,8?,9+,10-/m1/s1. The van der Waals surface area contributed by atoms with Gasteiger partial charge in [0, 0.05) is 27.3 Å². The van der Waals surface area contributed by atoms with Gasteiger partial charge in [0.25, 0.3) is 0 Å². The summed E-state index contributed by atoms with van der Waals surface area (Å²) in [6.45, 7) is 2.02. The van der Waals surface area contributed by atoms with E-state index in [0.717, 1.165) is 0 Å². The topological polar surface area (TPSA) is 66.0 Å². The van der Waals surface area contributed by atoms with Crippen molar-refractivity contribution in [2.75, 3.05) is 27.9 Å². The van der Waals surface area contributed by atoms with Crippen LogP contribution < -0.4 is 5.32 Å². The summed E-state index contributed by atoms with van der Waals surface area (Å²) in [5, 5.41) is 2.51. The number of nitrogens with one attached hydrogen (secondary N) is 1. The third kappa shape index (κ3) is 3.44. The lowest BCUT2D eigenvalue weighted by Crippen LogP contribution is -2.43. The number of likely N-dealkylation sites (N-methyl/N-ethyl adjacent to an activating group) is 1. The molecule has 0 bridgehead atoms. The van der Waals surface area contributed by atoms with E-state index >= 15 is 0 Å². The molecule has 6 nitrogen and oxygen atoms in total. The van der Waals surface area contributed by atoms with Gasteiger partial charge in [-0.05, 0) is 6.92 Å². The van der Waals surface area contributed by atoms with Gasteiger partial charge >= 0.3 is 0 Å². The molecule has 0 spiro atoms. The van der Waals surface area contributed by atoms with Gasteiger partial charge in [-0.15, -0.1) is 0 Å². The second-order valence-corrected chi connectivity index (χ2v) is 4.15. The first-order valence-corrected chi connectivity index (χ1v) is 5.85. The maximum Gasteiger partial charge on any atom is 0.248 e. The van der Waals surface area contributed by atoms with E-state index in [2.05, 4.69) is 5.32 Å². The first kappa shape index (κ1) is 15.4. The fraction of sp³-hybridized carbons (Fsp3) is 0.909. The Hall–Kier alpha value is -0.625. The van der Waals surface area contributed by atoms with Crippen molar-refractivity contribution in [1.82, 2.24) is 5.32 Å². The van der Waals surface area contributed by atoms with Crippen LogP contribution in [0.15, 0.2) is 0 Å². The smallest absolute Gasteiger partial charge is 0.248 e. The Balaban J connectivity index is 2.65. The van der Waals surface area contributed by atoms with Gasteiger partial charge in [-0.1, -0.05) is 0 Å². The van der Waals surface area contributed by atoms with Crippen LogP contribution in [0, 0.1) is 0 Å². The molecule has 1 heterocycles. The number of methoxy groups -OCH3 is 2. The fourth-order valence-electron chi connectivity index (χ4n) is 2.00. The van der Waals surface area contributed by atoms with E-state index in [1.807, 2.05) is 0 Å². The lowest BCUT2D eigenvalue weighted by atomic mass is 9.92. The van der Waals surface area contributed by atoms with Crippen molar-refractivity contribution < 1.29 is 23.7 Å².